The Labute approximate surface area is 142 Å². The predicted octanol–water partition coefficient (Wildman–Crippen LogP) is 3.59. The van der Waals surface area contributed by atoms with Crippen LogP contribution in [0.3, 0.4) is 0 Å². The van der Waals surface area contributed by atoms with Crippen LogP contribution < -0.4 is 14.8 Å². The van der Waals surface area contributed by atoms with Crippen molar-refractivity contribution in [3.05, 3.63) is 46.2 Å². The van der Waals surface area contributed by atoms with E-state index in [-0.39, 0.29) is 12.6 Å². The average molecular weight is 335 g/mol. The summed E-state index contributed by atoms with van der Waals surface area (Å²) in [6.07, 6.45) is 0.900. The fraction of sp³-hybridized carbons (Fsp3) is 0.444. The van der Waals surface area contributed by atoms with Gasteiger partial charge in [0.2, 0.25) is 0 Å². The molecule has 23 heavy (non-hydrogen) atoms. The molecule has 0 fully saturated rings. The van der Waals surface area contributed by atoms with E-state index in [1.165, 1.54) is 4.88 Å². The molecule has 1 atom stereocenters. The Morgan fingerprint density at radius 2 is 2.04 bits per heavy atom. The van der Waals surface area contributed by atoms with Gasteiger partial charge in [-0.3, -0.25) is 0 Å². The van der Waals surface area contributed by atoms with Crippen LogP contribution in [0, 0.1) is 0 Å². The van der Waals surface area contributed by atoms with Crippen LogP contribution in [-0.2, 0) is 13.2 Å². The molecule has 0 saturated heterocycles. The summed E-state index contributed by atoms with van der Waals surface area (Å²) < 4.78 is 11.6. The van der Waals surface area contributed by atoms with E-state index in [1.807, 2.05) is 36.6 Å². The average Bonchev–Trinajstić information content (AvgIpc) is 3.09. The second-order valence-corrected chi connectivity index (χ2v) is 6.28. The van der Waals surface area contributed by atoms with Crippen molar-refractivity contribution in [3.8, 4) is 11.5 Å². The van der Waals surface area contributed by atoms with Gasteiger partial charge in [0.1, 0.15) is 6.61 Å². The van der Waals surface area contributed by atoms with Crippen molar-refractivity contribution in [1.29, 1.82) is 0 Å². The molecule has 0 aliphatic rings. The van der Waals surface area contributed by atoms with E-state index in [2.05, 4.69) is 18.3 Å². The van der Waals surface area contributed by atoms with Crippen molar-refractivity contribution in [1.82, 2.24) is 5.32 Å². The van der Waals surface area contributed by atoms with E-state index in [9.17, 15) is 5.11 Å². The number of hydrogen-bond donors (Lipinski definition) is 2. The zero-order chi connectivity index (χ0) is 16.5. The van der Waals surface area contributed by atoms with E-state index in [1.54, 1.807) is 11.3 Å². The summed E-state index contributed by atoms with van der Waals surface area (Å²) in [4.78, 5) is 1.19. The Morgan fingerprint density at radius 1 is 1.17 bits per heavy atom. The molecular weight excluding hydrogens is 310 g/mol. The van der Waals surface area contributed by atoms with Crippen LogP contribution in [0.5, 0.6) is 11.5 Å². The smallest absolute Gasteiger partial charge is 0.161 e. The number of thiophene rings is 1. The van der Waals surface area contributed by atoms with Gasteiger partial charge in [-0.05, 0) is 42.5 Å². The Kier molecular flexibility index (Phi) is 7.39. The second kappa shape index (κ2) is 9.55. The summed E-state index contributed by atoms with van der Waals surface area (Å²) in [6, 6.07) is 10.2. The number of hydrogen-bond acceptors (Lipinski definition) is 5. The lowest BCUT2D eigenvalue weighted by Crippen LogP contribution is -2.31. The Hall–Kier alpha value is -1.56. The maximum atomic E-state index is 9.24. The van der Waals surface area contributed by atoms with E-state index in [0.717, 1.165) is 23.5 Å². The fourth-order valence-electron chi connectivity index (χ4n) is 2.19. The third-order valence-corrected chi connectivity index (χ3v) is 4.42. The molecule has 0 saturated carbocycles. The first-order valence-corrected chi connectivity index (χ1v) is 8.89. The number of aliphatic hydroxyl groups excluding tert-OH is 1. The van der Waals surface area contributed by atoms with Gasteiger partial charge in [-0.25, -0.2) is 0 Å². The zero-order valence-corrected chi connectivity index (χ0v) is 14.6. The molecule has 2 rings (SSSR count). The van der Waals surface area contributed by atoms with Gasteiger partial charge in [-0.15, -0.1) is 11.3 Å². The van der Waals surface area contributed by atoms with Crippen molar-refractivity contribution < 1.29 is 14.6 Å². The molecule has 2 N–H and O–H groups in total. The molecule has 4 nitrogen and oxygen atoms in total. The summed E-state index contributed by atoms with van der Waals surface area (Å²) in [5.74, 6) is 1.53. The first-order valence-electron chi connectivity index (χ1n) is 8.02. The third kappa shape index (κ3) is 5.53. The molecule has 126 valence electrons. The minimum Gasteiger partial charge on any atom is -0.490 e. The van der Waals surface area contributed by atoms with E-state index in [4.69, 9.17) is 9.47 Å². The van der Waals surface area contributed by atoms with Crippen LogP contribution in [0.25, 0.3) is 0 Å². The molecule has 1 heterocycles. The minimum atomic E-state index is 0.125. The van der Waals surface area contributed by atoms with Crippen molar-refractivity contribution >= 4 is 11.3 Å². The van der Waals surface area contributed by atoms with Crippen molar-refractivity contribution in [2.45, 2.75) is 39.5 Å². The number of nitrogens with one attached hydrogen (secondary N) is 1. The van der Waals surface area contributed by atoms with E-state index >= 15 is 0 Å². The first-order chi connectivity index (χ1) is 11.3. The molecule has 0 amide bonds. The number of benzene rings is 1. The van der Waals surface area contributed by atoms with Gasteiger partial charge in [-0.1, -0.05) is 19.1 Å². The van der Waals surface area contributed by atoms with Crippen LogP contribution in [-0.4, -0.2) is 24.4 Å². The highest BCUT2D eigenvalue weighted by molar-refractivity contribution is 7.09. The quantitative estimate of drug-likeness (QED) is 0.697. The summed E-state index contributed by atoms with van der Waals surface area (Å²) >= 11 is 1.68. The van der Waals surface area contributed by atoms with E-state index < -0.39 is 0 Å². The van der Waals surface area contributed by atoms with Crippen LogP contribution >= 0.6 is 11.3 Å². The molecule has 1 aromatic carbocycles. The summed E-state index contributed by atoms with van der Waals surface area (Å²) in [7, 11) is 0. The molecule has 2 aromatic rings. The third-order valence-electron chi connectivity index (χ3n) is 3.57. The molecule has 1 aromatic heterocycles. The molecule has 0 aliphatic carbocycles. The Bertz CT molecular complexity index is 568. The van der Waals surface area contributed by atoms with Gasteiger partial charge < -0.3 is 19.9 Å². The number of rotatable bonds is 10. The van der Waals surface area contributed by atoms with E-state index in [0.29, 0.717) is 19.8 Å². The summed E-state index contributed by atoms with van der Waals surface area (Å²) in [6.45, 7) is 6.02. The molecule has 0 unspecified atom stereocenters. The van der Waals surface area contributed by atoms with Gasteiger partial charge >= 0.3 is 0 Å². The normalized spacial score (nSPS) is 12.1. The standard InChI is InChI=1S/C18H25NO3S/c1-3-15(12-20)19-11-14-7-8-17(18(10-14)21-4-2)22-13-16-6-5-9-23-16/h5-10,15,19-20H,3-4,11-13H2,1-2H3/t15-/m1/s1. The van der Waals surface area contributed by atoms with Gasteiger partial charge in [0.05, 0.1) is 13.2 Å². The van der Waals surface area contributed by atoms with Crippen LogP contribution in [0.15, 0.2) is 35.7 Å². The highest BCUT2D eigenvalue weighted by Crippen LogP contribution is 2.29. The molecule has 0 radical (unpaired) electrons. The fourth-order valence-corrected chi connectivity index (χ4v) is 2.81. The molecular formula is C18H25NO3S. The van der Waals surface area contributed by atoms with Crippen LogP contribution in [0.2, 0.25) is 0 Å². The molecule has 5 heteroatoms. The highest BCUT2D eigenvalue weighted by atomic mass is 32.1. The molecule has 0 aliphatic heterocycles. The zero-order valence-electron chi connectivity index (χ0n) is 13.7. The van der Waals surface area contributed by atoms with Gasteiger partial charge in [0.25, 0.3) is 0 Å². The minimum absolute atomic E-state index is 0.125. The summed E-state index contributed by atoms with van der Waals surface area (Å²) in [5.41, 5.74) is 1.11. The molecule has 0 spiro atoms. The first kappa shape index (κ1) is 17.8. The van der Waals surface area contributed by atoms with Gasteiger partial charge in [-0.2, -0.15) is 0 Å². The van der Waals surface area contributed by atoms with Gasteiger partial charge in [0, 0.05) is 17.5 Å². The van der Waals surface area contributed by atoms with Crippen molar-refractivity contribution in [2.75, 3.05) is 13.2 Å². The maximum absolute atomic E-state index is 9.24. The number of ether oxygens (including phenoxy) is 2. The SMILES string of the molecule is CCOc1cc(CN[C@H](CC)CO)ccc1OCc1cccs1. The predicted molar refractivity (Wildman–Crippen MR) is 94.3 cm³/mol. The lowest BCUT2D eigenvalue weighted by Gasteiger charge is -2.16. The highest BCUT2D eigenvalue weighted by Gasteiger charge is 2.09. The Balaban J connectivity index is 2.01. The van der Waals surface area contributed by atoms with Crippen molar-refractivity contribution in [2.24, 2.45) is 0 Å². The maximum Gasteiger partial charge on any atom is 0.161 e. The largest absolute Gasteiger partial charge is 0.490 e. The molecule has 0 bridgehead atoms. The van der Waals surface area contributed by atoms with Crippen molar-refractivity contribution in [3.63, 3.8) is 0 Å². The Morgan fingerprint density at radius 3 is 2.70 bits per heavy atom. The monoisotopic (exact) mass is 335 g/mol. The lowest BCUT2D eigenvalue weighted by molar-refractivity contribution is 0.238. The van der Waals surface area contributed by atoms with Gasteiger partial charge in [0.15, 0.2) is 11.5 Å². The summed E-state index contributed by atoms with van der Waals surface area (Å²) in [5, 5.41) is 14.6. The topological polar surface area (TPSA) is 50.7 Å². The van der Waals surface area contributed by atoms with Crippen LogP contribution in [0.1, 0.15) is 30.7 Å². The van der Waals surface area contributed by atoms with Crippen LogP contribution in [0.4, 0.5) is 0 Å². The number of aliphatic hydroxyl groups is 1. The second-order valence-electron chi connectivity index (χ2n) is 5.25. The lowest BCUT2D eigenvalue weighted by atomic mass is 10.1.